The molecule has 1 saturated heterocycles. The van der Waals surface area contributed by atoms with E-state index in [0.717, 1.165) is 5.56 Å². The summed E-state index contributed by atoms with van der Waals surface area (Å²) in [6.45, 7) is 1.69. The summed E-state index contributed by atoms with van der Waals surface area (Å²) in [5.41, 5.74) is 0.878. The third-order valence-electron chi connectivity index (χ3n) is 2.98. The molecule has 1 N–H and O–H groups in total. The zero-order valence-electron chi connectivity index (χ0n) is 9.95. The van der Waals surface area contributed by atoms with Crippen molar-refractivity contribution >= 4 is 12.0 Å². The molecule has 0 radical (unpaired) electrons. The molecule has 0 bridgehead atoms. The number of rotatable bonds is 2. The van der Waals surface area contributed by atoms with Gasteiger partial charge in [0.25, 0.3) is 0 Å². The fourth-order valence-electron chi connectivity index (χ4n) is 1.94. The van der Waals surface area contributed by atoms with Crippen molar-refractivity contribution in [1.82, 2.24) is 14.8 Å². The van der Waals surface area contributed by atoms with Gasteiger partial charge in [0.2, 0.25) is 5.91 Å². The molecule has 18 heavy (non-hydrogen) atoms. The zero-order chi connectivity index (χ0) is 13.0. The van der Waals surface area contributed by atoms with E-state index >= 15 is 0 Å². The first-order chi connectivity index (χ1) is 8.66. The number of pyridine rings is 1. The first-order valence-electron chi connectivity index (χ1n) is 5.81. The Kier molecular flexibility index (Phi) is 3.76. The van der Waals surface area contributed by atoms with Gasteiger partial charge in [0.1, 0.15) is 0 Å². The number of hydrogen-bond donors (Lipinski definition) is 1. The largest absolute Gasteiger partial charge is 0.465 e. The molecule has 0 unspecified atom stereocenters. The Hall–Kier alpha value is -2.11. The van der Waals surface area contributed by atoms with Crippen molar-refractivity contribution < 1.29 is 14.7 Å². The van der Waals surface area contributed by atoms with E-state index in [2.05, 4.69) is 4.98 Å². The van der Waals surface area contributed by atoms with E-state index in [4.69, 9.17) is 5.11 Å². The second-order valence-electron chi connectivity index (χ2n) is 4.19. The molecule has 96 valence electrons. The van der Waals surface area contributed by atoms with Gasteiger partial charge in [0.15, 0.2) is 0 Å². The number of amides is 2. The number of carbonyl (C=O) groups is 2. The van der Waals surface area contributed by atoms with E-state index < -0.39 is 6.09 Å². The Bertz CT molecular complexity index is 427. The Morgan fingerprint density at radius 2 is 1.89 bits per heavy atom. The Morgan fingerprint density at radius 3 is 2.44 bits per heavy atom. The Balaban J connectivity index is 1.86. The molecule has 1 aromatic rings. The second kappa shape index (κ2) is 5.48. The Morgan fingerprint density at radius 1 is 1.22 bits per heavy atom. The molecule has 1 aliphatic heterocycles. The summed E-state index contributed by atoms with van der Waals surface area (Å²) < 4.78 is 0. The number of carboxylic acid groups (broad SMARTS) is 1. The fraction of sp³-hybridized carbons (Fsp3) is 0.417. The average Bonchev–Trinajstić information content (AvgIpc) is 2.40. The number of carbonyl (C=O) groups excluding carboxylic acids is 1. The molecule has 6 nitrogen and oxygen atoms in total. The van der Waals surface area contributed by atoms with Crippen molar-refractivity contribution in [3.05, 3.63) is 30.1 Å². The molecular weight excluding hydrogens is 234 g/mol. The van der Waals surface area contributed by atoms with Crippen molar-refractivity contribution in [3.63, 3.8) is 0 Å². The summed E-state index contributed by atoms with van der Waals surface area (Å²) in [6.07, 6.45) is 2.74. The van der Waals surface area contributed by atoms with Crippen molar-refractivity contribution in [2.24, 2.45) is 0 Å². The molecule has 2 amide bonds. The standard InChI is InChI=1S/C12H15N3O3/c16-11(8-10-2-1-3-13-9-10)14-4-6-15(7-5-14)12(17)18/h1-3,9H,4-8H2,(H,17,18). The Labute approximate surface area is 105 Å². The van der Waals surface area contributed by atoms with Crippen LogP contribution in [0.1, 0.15) is 5.56 Å². The highest BCUT2D eigenvalue weighted by Gasteiger charge is 2.23. The summed E-state index contributed by atoms with van der Waals surface area (Å²) in [5.74, 6) is 0.0213. The van der Waals surface area contributed by atoms with E-state index in [1.807, 2.05) is 6.07 Å². The van der Waals surface area contributed by atoms with Crippen LogP contribution < -0.4 is 0 Å². The number of piperazine rings is 1. The predicted molar refractivity (Wildman–Crippen MR) is 64.1 cm³/mol. The van der Waals surface area contributed by atoms with E-state index in [0.29, 0.717) is 32.6 Å². The molecule has 0 spiro atoms. The molecule has 0 saturated carbocycles. The van der Waals surface area contributed by atoms with Crippen LogP contribution in [0.2, 0.25) is 0 Å². The van der Waals surface area contributed by atoms with Crippen molar-refractivity contribution in [2.45, 2.75) is 6.42 Å². The minimum atomic E-state index is -0.922. The first-order valence-corrected chi connectivity index (χ1v) is 5.81. The summed E-state index contributed by atoms with van der Waals surface area (Å²) in [4.78, 5) is 29.7. The van der Waals surface area contributed by atoms with Crippen LogP contribution in [0.4, 0.5) is 4.79 Å². The third kappa shape index (κ3) is 2.97. The van der Waals surface area contributed by atoms with Crippen LogP contribution >= 0.6 is 0 Å². The van der Waals surface area contributed by atoms with Crippen molar-refractivity contribution in [3.8, 4) is 0 Å². The second-order valence-corrected chi connectivity index (χ2v) is 4.19. The van der Waals surface area contributed by atoms with Gasteiger partial charge in [-0.1, -0.05) is 6.07 Å². The van der Waals surface area contributed by atoms with Crippen molar-refractivity contribution in [1.29, 1.82) is 0 Å². The van der Waals surface area contributed by atoms with Gasteiger partial charge < -0.3 is 14.9 Å². The maximum atomic E-state index is 12.0. The van der Waals surface area contributed by atoms with Gasteiger partial charge in [-0.05, 0) is 11.6 Å². The third-order valence-corrected chi connectivity index (χ3v) is 2.98. The topological polar surface area (TPSA) is 73.7 Å². The van der Waals surface area contributed by atoms with Crippen LogP contribution in [0.25, 0.3) is 0 Å². The van der Waals surface area contributed by atoms with Gasteiger partial charge in [-0.2, -0.15) is 0 Å². The quantitative estimate of drug-likeness (QED) is 0.825. The lowest BCUT2D eigenvalue weighted by Crippen LogP contribution is -2.50. The van der Waals surface area contributed by atoms with Crippen LogP contribution in [0.5, 0.6) is 0 Å². The molecule has 2 heterocycles. The maximum absolute atomic E-state index is 12.0. The lowest BCUT2D eigenvalue weighted by atomic mass is 10.2. The summed E-state index contributed by atoms with van der Waals surface area (Å²) in [5, 5.41) is 8.81. The minimum Gasteiger partial charge on any atom is -0.465 e. The number of hydrogen-bond acceptors (Lipinski definition) is 3. The monoisotopic (exact) mass is 249 g/mol. The molecule has 1 aliphatic rings. The van der Waals surface area contributed by atoms with Gasteiger partial charge in [0.05, 0.1) is 6.42 Å². The average molecular weight is 249 g/mol. The lowest BCUT2D eigenvalue weighted by molar-refractivity contribution is -0.132. The smallest absolute Gasteiger partial charge is 0.407 e. The van der Waals surface area contributed by atoms with E-state index in [1.54, 1.807) is 23.4 Å². The van der Waals surface area contributed by atoms with Crippen LogP contribution in [-0.2, 0) is 11.2 Å². The lowest BCUT2D eigenvalue weighted by Gasteiger charge is -2.33. The number of aromatic nitrogens is 1. The molecule has 1 fully saturated rings. The van der Waals surface area contributed by atoms with E-state index in [9.17, 15) is 9.59 Å². The maximum Gasteiger partial charge on any atom is 0.407 e. The van der Waals surface area contributed by atoms with Crippen molar-refractivity contribution in [2.75, 3.05) is 26.2 Å². The summed E-state index contributed by atoms with van der Waals surface area (Å²) in [6, 6.07) is 3.66. The normalized spacial score (nSPS) is 15.6. The molecule has 2 rings (SSSR count). The number of nitrogens with zero attached hydrogens (tertiary/aromatic N) is 3. The molecule has 0 aromatic carbocycles. The highest BCUT2D eigenvalue weighted by Crippen LogP contribution is 2.06. The first kappa shape index (κ1) is 12.3. The van der Waals surface area contributed by atoms with Gasteiger partial charge >= 0.3 is 6.09 Å². The van der Waals surface area contributed by atoms with Crippen LogP contribution in [0.3, 0.4) is 0 Å². The van der Waals surface area contributed by atoms with E-state index in [-0.39, 0.29) is 5.91 Å². The van der Waals surface area contributed by atoms with Gasteiger partial charge in [-0.3, -0.25) is 9.78 Å². The molecule has 6 heteroatoms. The fourth-order valence-corrected chi connectivity index (χ4v) is 1.94. The van der Waals surface area contributed by atoms with Crippen LogP contribution in [0, 0.1) is 0 Å². The summed E-state index contributed by atoms with van der Waals surface area (Å²) in [7, 11) is 0. The minimum absolute atomic E-state index is 0.0213. The highest BCUT2D eigenvalue weighted by atomic mass is 16.4. The molecule has 0 atom stereocenters. The molecule has 1 aromatic heterocycles. The SMILES string of the molecule is O=C(O)N1CCN(C(=O)Cc2cccnc2)CC1. The van der Waals surface area contributed by atoms with Crippen LogP contribution in [0.15, 0.2) is 24.5 Å². The van der Waals surface area contributed by atoms with Crippen LogP contribution in [-0.4, -0.2) is 58.1 Å². The van der Waals surface area contributed by atoms with E-state index in [1.165, 1.54) is 4.90 Å². The van der Waals surface area contributed by atoms with Gasteiger partial charge in [0, 0.05) is 38.6 Å². The van der Waals surface area contributed by atoms with Gasteiger partial charge in [-0.15, -0.1) is 0 Å². The molecular formula is C12H15N3O3. The zero-order valence-corrected chi connectivity index (χ0v) is 9.95. The summed E-state index contributed by atoms with van der Waals surface area (Å²) >= 11 is 0. The van der Waals surface area contributed by atoms with Gasteiger partial charge in [-0.25, -0.2) is 4.79 Å². The molecule has 0 aliphatic carbocycles. The predicted octanol–water partition coefficient (Wildman–Crippen LogP) is 0.446. The highest BCUT2D eigenvalue weighted by molar-refractivity contribution is 5.79.